The summed E-state index contributed by atoms with van der Waals surface area (Å²) in [6.07, 6.45) is 0. The maximum absolute atomic E-state index is 10.2. The predicted molar refractivity (Wildman–Crippen MR) is 139 cm³/mol. The van der Waals surface area contributed by atoms with E-state index in [9.17, 15) is 5.11 Å². The van der Waals surface area contributed by atoms with E-state index in [0.717, 1.165) is 52.4 Å². The van der Waals surface area contributed by atoms with Gasteiger partial charge in [-0.2, -0.15) is 0 Å². The second kappa shape index (κ2) is 10.0. The van der Waals surface area contributed by atoms with Gasteiger partial charge in [0.05, 0.1) is 5.60 Å². The van der Waals surface area contributed by atoms with Crippen molar-refractivity contribution in [2.75, 3.05) is 55.6 Å². The van der Waals surface area contributed by atoms with Crippen LogP contribution < -0.4 is 9.80 Å². The summed E-state index contributed by atoms with van der Waals surface area (Å²) in [4.78, 5) is 10.1. The third kappa shape index (κ3) is 6.08. The van der Waals surface area contributed by atoms with Gasteiger partial charge in [-0.1, -0.05) is 30.3 Å². The summed E-state index contributed by atoms with van der Waals surface area (Å²) in [6, 6.07) is 18.8. The number of aryl methyl sites for hydroxylation is 1. The zero-order valence-corrected chi connectivity index (χ0v) is 21.2. The van der Waals surface area contributed by atoms with Gasteiger partial charge in [0, 0.05) is 75.8 Å². The van der Waals surface area contributed by atoms with Crippen molar-refractivity contribution in [3.05, 3.63) is 59.7 Å². The van der Waals surface area contributed by atoms with Crippen molar-refractivity contribution >= 4 is 11.4 Å². The van der Waals surface area contributed by atoms with Crippen molar-refractivity contribution in [3.63, 3.8) is 0 Å². The molecule has 0 unspecified atom stereocenters. The molecule has 33 heavy (non-hydrogen) atoms. The Bertz CT molecular complexity index is 910. The first-order valence-electron chi connectivity index (χ1n) is 12.5. The molecule has 2 aliphatic rings. The Kier molecular flexibility index (Phi) is 7.32. The Morgan fingerprint density at radius 2 is 1.67 bits per heavy atom. The van der Waals surface area contributed by atoms with E-state index in [0.29, 0.717) is 12.1 Å². The van der Waals surface area contributed by atoms with Crippen LogP contribution in [0.4, 0.5) is 11.4 Å². The lowest BCUT2D eigenvalue weighted by Gasteiger charge is -2.43. The first-order chi connectivity index (χ1) is 15.7. The molecule has 1 N–H and O–H groups in total. The highest BCUT2D eigenvalue weighted by Gasteiger charge is 2.28. The van der Waals surface area contributed by atoms with Crippen LogP contribution in [0.25, 0.3) is 0 Å². The molecule has 2 aromatic carbocycles. The molecule has 180 valence electrons. The Hall–Kier alpha value is -2.08. The van der Waals surface area contributed by atoms with E-state index in [1.54, 1.807) is 0 Å². The van der Waals surface area contributed by atoms with Gasteiger partial charge in [-0.15, -0.1) is 0 Å². The number of rotatable bonds is 6. The monoisotopic (exact) mass is 450 g/mol. The van der Waals surface area contributed by atoms with Gasteiger partial charge in [-0.05, 0) is 63.9 Å². The van der Waals surface area contributed by atoms with E-state index in [-0.39, 0.29) is 0 Å². The fourth-order valence-electron chi connectivity index (χ4n) is 5.55. The third-order valence-electron chi connectivity index (χ3n) is 7.17. The normalized spacial score (nSPS) is 23.2. The SMILES string of the molecule is Cc1cc(N2CCN(CC(C)(C)O)C[C@@H]2C)ccc1N1CCN(Cc2ccccc2)[C@@H](C)C1. The van der Waals surface area contributed by atoms with Gasteiger partial charge < -0.3 is 14.9 Å². The second-order valence-electron chi connectivity index (χ2n) is 10.8. The molecule has 0 radical (unpaired) electrons. The van der Waals surface area contributed by atoms with Crippen molar-refractivity contribution in [1.82, 2.24) is 9.80 Å². The van der Waals surface area contributed by atoms with Gasteiger partial charge in [-0.25, -0.2) is 0 Å². The minimum absolute atomic E-state index is 0.438. The van der Waals surface area contributed by atoms with Crippen molar-refractivity contribution in [2.45, 2.75) is 58.8 Å². The predicted octanol–water partition coefficient (Wildman–Crippen LogP) is 3.99. The highest BCUT2D eigenvalue weighted by Crippen LogP contribution is 2.30. The van der Waals surface area contributed by atoms with Gasteiger partial charge in [-0.3, -0.25) is 9.80 Å². The Labute approximate surface area is 200 Å². The molecule has 0 aliphatic carbocycles. The van der Waals surface area contributed by atoms with Crippen LogP contribution in [-0.2, 0) is 6.54 Å². The molecule has 2 atom stereocenters. The standard InChI is InChI=1S/C28H42N4O/c1-22-17-26(32-16-13-29(18-24(32)3)21-28(4,5)33)11-12-27(22)31-15-14-30(23(2)19-31)20-25-9-7-6-8-10-25/h6-12,17,23-24,33H,13-16,18-21H2,1-5H3/t23-,24-/m0/s1. The van der Waals surface area contributed by atoms with Gasteiger partial charge in [0.15, 0.2) is 0 Å². The number of benzene rings is 2. The third-order valence-corrected chi connectivity index (χ3v) is 7.17. The smallest absolute Gasteiger partial charge is 0.0718 e. The fraction of sp³-hybridized carbons (Fsp3) is 0.571. The van der Waals surface area contributed by atoms with Crippen molar-refractivity contribution in [2.24, 2.45) is 0 Å². The van der Waals surface area contributed by atoms with Crippen LogP contribution in [0.3, 0.4) is 0 Å². The zero-order chi connectivity index (χ0) is 23.6. The lowest BCUT2D eigenvalue weighted by molar-refractivity contribution is 0.0308. The van der Waals surface area contributed by atoms with Crippen LogP contribution in [0.5, 0.6) is 0 Å². The summed E-state index contributed by atoms with van der Waals surface area (Å²) < 4.78 is 0. The van der Waals surface area contributed by atoms with Crippen LogP contribution in [-0.4, -0.2) is 78.4 Å². The number of β-amino-alcohol motifs (C(OH)–C–C–N with tert-alkyl or cyclic N) is 1. The summed E-state index contributed by atoms with van der Waals surface area (Å²) in [5, 5.41) is 10.2. The lowest BCUT2D eigenvalue weighted by Crippen LogP contribution is -2.54. The molecule has 2 fully saturated rings. The Morgan fingerprint density at radius 3 is 2.30 bits per heavy atom. The van der Waals surface area contributed by atoms with Crippen LogP contribution in [0.1, 0.15) is 38.8 Å². The van der Waals surface area contributed by atoms with Crippen LogP contribution in [0.2, 0.25) is 0 Å². The van der Waals surface area contributed by atoms with E-state index in [1.165, 1.54) is 22.5 Å². The summed E-state index contributed by atoms with van der Waals surface area (Å²) in [7, 11) is 0. The molecule has 5 nitrogen and oxygen atoms in total. The fourth-order valence-corrected chi connectivity index (χ4v) is 5.55. The van der Waals surface area contributed by atoms with Crippen LogP contribution in [0.15, 0.2) is 48.5 Å². The number of nitrogens with zero attached hydrogens (tertiary/aromatic N) is 4. The molecular weight excluding hydrogens is 408 g/mol. The maximum atomic E-state index is 10.2. The molecule has 2 saturated heterocycles. The molecule has 5 heteroatoms. The van der Waals surface area contributed by atoms with E-state index in [2.05, 4.69) is 88.9 Å². The van der Waals surface area contributed by atoms with Crippen LogP contribution >= 0.6 is 0 Å². The average Bonchev–Trinajstić information content (AvgIpc) is 2.75. The highest BCUT2D eigenvalue weighted by molar-refractivity contribution is 5.62. The topological polar surface area (TPSA) is 33.2 Å². The summed E-state index contributed by atoms with van der Waals surface area (Å²) >= 11 is 0. The zero-order valence-electron chi connectivity index (χ0n) is 21.2. The summed E-state index contributed by atoms with van der Waals surface area (Å²) in [5.74, 6) is 0. The van der Waals surface area contributed by atoms with E-state index >= 15 is 0 Å². The maximum Gasteiger partial charge on any atom is 0.0718 e. The first-order valence-corrected chi connectivity index (χ1v) is 12.5. The highest BCUT2D eigenvalue weighted by atomic mass is 16.3. The number of piperazine rings is 2. The van der Waals surface area contributed by atoms with E-state index < -0.39 is 5.60 Å². The summed E-state index contributed by atoms with van der Waals surface area (Å²) in [5.41, 5.74) is 4.82. The lowest BCUT2D eigenvalue weighted by atomic mass is 10.0. The van der Waals surface area contributed by atoms with Gasteiger partial charge in [0.1, 0.15) is 0 Å². The Morgan fingerprint density at radius 1 is 0.909 bits per heavy atom. The number of hydrogen-bond donors (Lipinski definition) is 1. The number of hydrogen-bond acceptors (Lipinski definition) is 5. The number of anilines is 2. The van der Waals surface area contributed by atoms with E-state index in [4.69, 9.17) is 0 Å². The molecule has 0 bridgehead atoms. The van der Waals surface area contributed by atoms with Gasteiger partial charge in [0.2, 0.25) is 0 Å². The van der Waals surface area contributed by atoms with Crippen molar-refractivity contribution < 1.29 is 5.11 Å². The molecule has 2 aliphatic heterocycles. The van der Waals surface area contributed by atoms with Crippen molar-refractivity contribution in [1.29, 1.82) is 0 Å². The molecule has 0 aromatic heterocycles. The molecule has 0 saturated carbocycles. The summed E-state index contributed by atoms with van der Waals surface area (Å²) in [6.45, 7) is 18.7. The average molecular weight is 451 g/mol. The molecule has 0 amide bonds. The molecule has 0 spiro atoms. The minimum atomic E-state index is -0.637. The molecule has 2 heterocycles. The largest absolute Gasteiger partial charge is 0.389 e. The second-order valence-corrected chi connectivity index (χ2v) is 10.8. The quantitative estimate of drug-likeness (QED) is 0.720. The Balaban J connectivity index is 1.37. The van der Waals surface area contributed by atoms with Crippen molar-refractivity contribution in [3.8, 4) is 0 Å². The minimum Gasteiger partial charge on any atom is -0.389 e. The molecular formula is C28H42N4O. The molecule has 4 rings (SSSR count). The van der Waals surface area contributed by atoms with E-state index in [1.807, 2.05) is 13.8 Å². The number of aliphatic hydroxyl groups is 1. The van der Waals surface area contributed by atoms with Crippen LogP contribution in [0, 0.1) is 6.92 Å². The van der Waals surface area contributed by atoms with Gasteiger partial charge >= 0.3 is 0 Å². The molecule has 2 aromatic rings. The van der Waals surface area contributed by atoms with Gasteiger partial charge in [0.25, 0.3) is 0 Å². The first kappa shape index (κ1) is 24.1.